The highest BCUT2D eigenvalue weighted by molar-refractivity contribution is 14.1. The summed E-state index contributed by atoms with van der Waals surface area (Å²) < 4.78 is 3.26. The molecular weight excluding hydrogens is 423 g/mol. The van der Waals surface area contributed by atoms with Crippen LogP contribution in [0.15, 0.2) is 42.0 Å². The molecule has 0 saturated heterocycles. The fraction of sp³-hybridized carbons (Fsp3) is 0.278. The molecule has 0 spiro atoms. The van der Waals surface area contributed by atoms with Gasteiger partial charge in [0, 0.05) is 31.6 Å². The topological polar surface area (TPSA) is 34.0 Å². The van der Waals surface area contributed by atoms with E-state index in [0.29, 0.717) is 11.1 Å². The van der Waals surface area contributed by atoms with Crippen LogP contribution in [-0.4, -0.2) is 10.5 Å². The predicted molar refractivity (Wildman–Crippen MR) is 103 cm³/mol. The Labute approximate surface area is 154 Å². The minimum absolute atomic E-state index is 0.0183. The van der Waals surface area contributed by atoms with E-state index in [1.807, 2.05) is 12.1 Å². The van der Waals surface area contributed by atoms with Gasteiger partial charge in [0.15, 0.2) is 0 Å². The van der Waals surface area contributed by atoms with Gasteiger partial charge in [-0.3, -0.25) is 4.79 Å². The molecule has 1 aliphatic rings. The third-order valence-electron chi connectivity index (χ3n) is 4.25. The maximum absolute atomic E-state index is 12.5. The van der Waals surface area contributed by atoms with Crippen LogP contribution in [-0.2, 0) is 4.79 Å². The van der Waals surface area contributed by atoms with Crippen LogP contribution in [0.2, 0.25) is 5.02 Å². The van der Waals surface area contributed by atoms with Crippen LogP contribution in [0, 0.1) is 17.4 Å². The van der Waals surface area contributed by atoms with Gasteiger partial charge in [-0.15, -0.1) is 0 Å². The van der Waals surface area contributed by atoms with Crippen molar-refractivity contribution in [2.24, 2.45) is 0 Å². The van der Waals surface area contributed by atoms with Crippen molar-refractivity contribution in [1.82, 2.24) is 4.57 Å². The molecule has 1 aromatic carbocycles. The van der Waals surface area contributed by atoms with Gasteiger partial charge in [-0.25, -0.2) is 0 Å². The minimum Gasteiger partial charge on any atom is -0.346 e. The van der Waals surface area contributed by atoms with E-state index in [4.69, 9.17) is 11.6 Å². The molecule has 1 heterocycles. The van der Waals surface area contributed by atoms with Crippen molar-refractivity contribution in [3.63, 3.8) is 0 Å². The zero-order chi connectivity index (χ0) is 16.6. The minimum atomic E-state index is -0.0183. The zero-order valence-electron chi connectivity index (χ0n) is 13.1. The summed E-state index contributed by atoms with van der Waals surface area (Å²) in [6, 6.07) is 10.1. The molecule has 3 nitrogen and oxygen atoms in total. The van der Waals surface area contributed by atoms with E-state index in [1.54, 1.807) is 6.07 Å². The molecule has 23 heavy (non-hydrogen) atoms. The second-order valence-electron chi connectivity index (χ2n) is 5.89. The third-order valence-corrected chi connectivity index (χ3v) is 5.38. The largest absolute Gasteiger partial charge is 0.346 e. The number of hydrogen-bond acceptors (Lipinski definition) is 1. The molecule has 5 heteroatoms. The molecule has 0 radical (unpaired) electrons. The van der Waals surface area contributed by atoms with E-state index in [1.165, 1.54) is 11.4 Å². The molecule has 120 valence electrons. The summed E-state index contributed by atoms with van der Waals surface area (Å²) in [5, 5.41) is 3.66. The summed E-state index contributed by atoms with van der Waals surface area (Å²) in [6.07, 6.45) is 3.73. The predicted octanol–water partition coefficient (Wildman–Crippen LogP) is 5.26. The maximum atomic E-state index is 12.5. The number of amides is 1. The summed E-state index contributed by atoms with van der Waals surface area (Å²) >= 11 is 8.14. The Hall–Kier alpha value is -1.27. The molecule has 2 aromatic rings. The van der Waals surface area contributed by atoms with Crippen LogP contribution in [0.5, 0.6) is 0 Å². The lowest BCUT2D eigenvalue weighted by Crippen LogP contribution is -2.16. The molecule has 0 aliphatic heterocycles. The van der Waals surface area contributed by atoms with Gasteiger partial charge < -0.3 is 9.88 Å². The van der Waals surface area contributed by atoms with E-state index in [2.05, 4.69) is 64.5 Å². The highest BCUT2D eigenvalue weighted by Gasteiger charge is 2.24. The second kappa shape index (κ2) is 6.69. The third kappa shape index (κ3) is 3.48. The standard InChI is InChI=1S/C18H18ClIN2O/c1-11-3-4-12(2)22(11)15-7-5-13(9-15)18(23)21-17-8-6-14(19)10-16(17)20/h3-6,8,10,15H,7,9H2,1-2H3,(H,21,23)/t15-/m1/s1. The molecule has 0 bridgehead atoms. The molecule has 1 N–H and O–H groups in total. The van der Waals surface area contributed by atoms with Gasteiger partial charge in [0.05, 0.1) is 5.69 Å². The molecule has 1 aromatic heterocycles. The summed E-state index contributed by atoms with van der Waals surface area (Å²) in [5.74, 6) is -0.0183. The first-order chi connectivity index (χ1) is 11.0. The molecule has 0 fully saturated rings. The van der Waals surface area contributed by atoms with Gasteiger partial charge in [-0.2, -0.15) is 0 Å². The number of halogens is 2. The number of nitrogens with one attached hydrogen (secondary N) is 1. The van der Waals surface area contributed by atoms with Crippen LogP contribution in [0.1, 0.15) is 30.3 Å². The molecule has 0 saturated carbocycles. The first-order valence-corrected chi connectivity index (χ1v) is 9.01. The number of allylic oxidation sites excluding steroid dienone is 1. The van der Waals surface area contributed by atoms with Crippen LogP contribution >= 0.6 is 34.2 Å². The highest BCUT2D eigenvalue weighted by Crippen LogP contribution is 2.33. The van der Waals surface area contributed by atoms with Crippen LogP contribution in [0.3, 0.4) is 0 Å². The van der Waals surface area contributed by atoms with Gasteiger partial charge in [0.2, 0.25) is 0 Å². The fourth-order valence-corrected chi connectivity index (χ4v) is 4.14. The van der Waals surface area contributed by atoms with E-state index in [0.717, 1.165) is 27.7 Å². The Morgan fingerprint density at radius 3 is 2.61 bits per heavy atom. The zero-order valence-corrected chi connectivity index (χ0v) is 16.0. The van der Waals surface area contributed by atoms with Gasteiger partial charge in [0.25, 0.3) is 5.91 Å². The van der Waals surface area contributed by atoms with E-state index in [-0.39, 0.29) is 5.91 Å². The van der Waals surface area contributed by atoms with Crippen molar-refractivity contribution < 1.29 is 4.79 Å². The lowest BCUT2D eigenvalue weighted by Gasteiger charge is -2.18. The molecule has 1 atom stereocenters. The first kappa shape index (κ1) is 16.6. The van der Waals surface area contributed by atoms with Crippen LogP contribution in [0.25, 0.3) is 0 Å². The Morgan fingerprint density at radius 1 is 1.26 bits per heavy atom. The summed E-state index contributed by atoms with van der Waals surface area (Å²) in [4.78, 5) is 12.5. The molecule has 3 rings (SSSR count). The summed E-state index contributed by atoms with van der Waals surface area (Å²) in [7, 11) is 0. The van der Waals surface area contributed by atoms with Gasteiger partial charge in [-0.1, -0.05) is 17.7 Å². The number of benzene rings is 1. The first-order valence-electron chi connectivity index (χ1n) is 7.55. The smallest absolute Gasteiger partial charge is 0.251 e. The molecular formula is C18H18ClIN2O. The van der Waals surface area contributed by atoms with E-state index >= 15 is 0 Å². The van der Waals surface area contributed by atoms with Gasteiger partial charge in [-0.05, 0) is 79.6 Å². The quantitative estimate of drug-likeness (QED) is 0.649. The summed E-state index contributed by atoms with van der Waals surface area (Å²) in [6.45, 7) is 4.22. The Balaban J connectivity index is 1.70. The van der Waals surface area contributed by atoms with Crippen LogP contribution < -0.4 is 5.32 Å². The summed E-state index contributed by atoms with van der Waals surface area (Å²) in [5.41, 5.74) is 4.15. The number of anilines is 1. The molecule has 0 unspecified atom stereocenters. The number of aryl methyl sites for hydroxylation is 2. The Bertz CT molecular complexity index is 775. The normalized spacial score (nSPS) is 17.2. The van der Waals surface area contributed by atoms with E-state index < -0.39 is 0 Å². The number of carbonyl (C=O) groups is 1. The maximum Gasteiger partial charge on any atom is 0.251 e. The monoisotopic (exact) mass is 440 g/mol. The van der Waals surface area contributed by atoms with E-state index in [9.17, 15) is 4.79 Å². The Kier molecular flexibility index (Phi) is 4.82. The number of nitrogens with zero attached hydrogens (tertiary/aromatic N) is 1. The van der Waals surface area contributed by atoms with Gasteiger partial charge >= 0.3 is 0 Å². The van der Waals surface area contributed by atoms with Crippen molar-refractivity contribution in [2.75, 3.05) is 5.32 Å². The second-order valence-corrected chi connectivity index (χ2v) is 7.49. The van der Waals surface area contributed by atoms with Crippen LogP contribution in [0.4, 0.5) is 5.69 Å². The SMILES string of the molecule is Cc1ccc(C)n1[C@@H]1CC=C(C(=O)Nc2ccc(Cl)cc2I)C1. The Morgan fingerprint density at radius 2 is 1.96 bits per heavy atom. The van der Waals surface area contributed by atoms with Crippen molar-refractivity contribution in [3.8, 4) is 0 Å². The number of rotatable bonds is 3. The fourth-order valence-electron chi connectivity index (χ4n) is 3.13. The van der Waals surface area contributed by atoms with Gasteiger partial charge in [0.1, 0.15) is 0 Å². The number of hydrogen-bond donors (Lipinski definition) is 1. The van der Waals surface area contributed by atoms with Crippen molar-refractivity contribution in [2.45, 2.75) is 32.7 Å². The molecule has 1 amide bonds. The lowest BCUT2D eigenvalue weighted by molar-refractivity contribution is -0.113. The molecule has 1 aliphatic carbocycles. The van der Waals surface area contributed by atoms with Crippen molar-refractivity contribution >= 4 is 45.8 Å². The number of aromatic nitrogens is 1. The lowest BCUT2D eigenvalue weighted by atomic mass is 10.1. The average molecular weight is 441 g/mol. The average Bonchev–Trinajstić information content (AvgIpc) is 3.09. The van der Waals surface area contributed by atoms with Crippen molar-refractivity contribution in [1.29, 1.82) is 0 Å². The number of carbonyl (C=O) groups excluding carboxylic acids is 1. The highest BCUT2D eigenvalue weighted by atomic mass is 127. The van der Waals surface area contributed by atoms with Crippen molar-refractivity contribution in [3.05, 3.63) is 62.0 Å².